The predicted molar refractivity (Wildman–Crippen MR) is 121 cm³/mol. The van der Waals surface area contributed by atoms with Crippen molar-refractivity contribution < 1.29 is 26.3 Å². The fourth-order valence-electron chi connectivity index (χ4n) is 3.52. The summed E-state index contributed by atoms with van der Waals surface area (Å²) in [7, 11) is -1.75. The first-order valence-corrected chi connectivity index (χ1v) is 11.5. The van der Waals surface area contributed by atoms with E-state index in [4.69, 9.17) is 4.74 Å². The van der Waals surface area contributed by atoms with Crippen molar-refractivity contribution in [2.45, 2.75) is 38.6 Å². The molecular weight excluding hydrogens is 538 g/mol. The van der Waals surface area contributed by atoms with Crippen LogP contribution in [0.15, 0.2) is 4.99 Å². The summed E-state index contributed by atoms with van der Waals surface area (Å²) in [5.74, 6) is 0.555. The molecule has 13 heteroatoms. The molecule has 2 fully saturated rings. The molecule has 0 aromatic heterocycles. The van der Waals surface area contributed by atoms with Crippen molar-refractivity contribution in [3.05, 3.63) is 0 Å². The van der Waals surface area contributed by atoms with E-state index in [0.717, 1.165) is 0 Å². The molecule has 0 spiro atoms. The number of aliphatic imine (C=N–C) groups is 1. The predicted octanol–water partition coefficient (Wildman–Crippen LogP) is 1.19. The van der Waals surface area contributed by atoms with Crippen LogP contribution >= 0.6 is 24.0 Å². The lowest BCUT2D eigenvalue weighted by atomic mass is 10.2. The Bertz CT molecular complexity index is 656. The third-order valence-corrected chi connectivity index (χ3v) is 6.78. The number of likely N-dealkylation sites (tertiary alicyclic amines) is 1. The van der Waals surface area contributed by atoms with Crippen LogP contribution in [0.2, 0.25) is 0 Å². The monoisotopic (exact) mass is 571 g/mol. The van der Waals surface area contributed by atoms with Gasteiger partial charge in [-0.05, 0) is 20.3 Å². The molecule has 0 amide bonds. The van der Waals surface area contributed by atoms with Crippen LogP contribution in [0.25, 0.3) is 0 Å². The van der Waals surface area contributed by atoms with Crippen LogP contribution in [0.3, 0.4) is 0 Å². The number of alkyl halides is 3. The number of piperazine rings is 1. The molecular formula is C17H33F3IN5O3S. The Labute approximate surface area is 194 Å². The number of nitrogens with zero attached hydrogens (tertiary/aromatic N) is 4. The lowest BCUT2D eigenvalue weighted by Crippen LogP contribution is -2.55. The van der Waals surface area contributed by atoms with Crippen molar-refractivity contribution in [1.29, 1.82) is 0 Å². The fourth-order valence-corrected chi connectivity index (χ4v) is 4.81. The smallest absolute Gasteiger partial charge is 0.378 e. The summed E-state index contributed by atoms with van der Waals surface area (Å²) in [6.07, 6.45) is -3.60. The third kappa shape index (κ3) is 9.01. The second-order valence-electron chi connectivity index (χ2n) is 7.65. The molecule has 8 nitrogen and oxygen atoms in total. The first kappa shape index (κ1) is 27.7. The molecule has 0 saturated carbocycles. The summed E-state index contributed by atoms with van der Waals surface area (Å²) < 4.78 is 69.3. The van der Waals surface area contributed by atoms with Crippen LogP contribution in [0, 0.1) is 0 Å². The van der Waals surface area contributed by atoms with Crippen LogP contribution in [0.4, 0.5) is 13.2 Å². The molecule has 0 bridgehead atoms. The van der Waals surface area contributed by atoms with E-state index in [9.17, 15) is 21.6 Å². The van der Waals surface area contributed by atoms with Crippen LogP contribution < -0.4 is 5.32 Å². The van der Waals surface area contributed by atoms with E-state index >= 15 is 0 Å². The highest BCUT2D eigenvalue weighted by Gasteiger charge is 2.35. The van der Waals surface area contributed by atoms with Gasteiger partial charge >= 0.3 is 6.18 Å². The minimum absolute atomic E-state index is 0. The number of guanidine groups is 1. The number of hydrogen-bond acceptors (Lipinski definition) is 5. The molecule has 1 atom stereocenters. The zero-order valence-electron chi connectivity index (χ0n) is 17.7. The number of rotatable bonds is 7. The van der Waals surface area contributed by atoms with Gasteiger partial charge in [0.2, 0.25) is 10.0 Å². The van der Waals surface area contributed by atoms with Gasteiger partial charge in [-0.15, -0.1) is 24.0 Å². The number of hydrogen-bond donors (Lipinski definition) is 1. The zero-order valence-corrected chi connectivity index (χ0v) is 20.8. The SMILES string of the molecule is CN=C(NC1CCN(CC(F)(F)F)C1)N1CCN(S(=O)(=O)CCOC(C)C)CC1.I. The largest absolute Gasteiger partial charge is 0.401 e. The standard InChI is InChI=1S/C17H32F3N5O3S.HI/c1-14(2)28-10-11-29(26,27)25-8-6-24(7-9-25)16(21-3)22-15-4-5-23(12-15)13-17(18,19)20;/h14-15H,4-13H2,1-3H3,(H,21,22);1H. The van der Waals surface area contributed by atoms with E-state index in [1.165, 1.54) is 9.21 Å². The number of sulfonamides is 1. The lowest BCUT2D eigenvalue weighted by Gasteiger charge is -2.36. The van der Waals surface area contributed by atoms with Crippen LogP contribution in [0.5, 0.6) is 0 Å². The minimum Gasteiger partial charge on any atom is -0.378 e. The molecule has 178 valence electrons. The highest BCUT2D eigenvalue weighted by atomic mass is 127. The molecule has 2 heterocycles. The van der Waals surface area contributed by atoms with Gasteiger partial charge in [-0.2, -0.15) is 17.5 Å². The molecule has 0 aromatic carbocycles. The van der Waals surface area contributed by atoms with Crippen molar-refractivity contribution in [3.8, 4) is 0 Å². The Morgan fingerprint density at radius 1 is 1.20 bits per heavy atom. The second-order valence-corrected chi connectivity index (χ2v) is 9.74. The molecule has 2 aliphatic rings. The van der Waals surface area contributed by atoms with Crippen molar-refractivity contribution >= 4 is 40.0 Å². The van der Waals surface area contributed by atoms with Crippen molar-refractivity contribution in [1.82, 2.24) is 19.4 Å². The zero-order chi connectivity index (χ0) is 21.7. The van der Waals surface area contributed by atoms with E-state index in [1.54, 1.807) is 7.05 Å². The first-order valence-electron chi connectivity index (χ1n) is 9.87. The van der Waals surface area contributed by atoms with Crippen molar-refractivity contribution in [2.75, 3.05) is 65.2 Å². The van der Waals surface area contributed by atoms with Gasteiger partial charge in [-0.1, -0.05) is 0 Å². The van der Waals surface area contributed by atoms with E-state index in [2.05, 4.69) is 10.3 Å². The molecule has 0 aromatic rings. The summed E-state index contributed by atoms with van der Waals surface area (Å²) in [5.41, 5.74) is 0. The Kier molecular flexibility index (Phi) is 11.1. The summed E-state index contributed by atoms with van der Waals surface area (Å²) in [6, 6.07) is -0.106. The van der Waals surface area contributed by atoms with E-state index < -0.39 is 22.7 Å². The first-order chi connectivity index (χ1) is 13.5. The maximum Gasteiger partial charge on any atom is 0.401 e. The van der Waals surface area contributed by atoms with Crippen molar-refractivity contribution in [2.24, 2.45) is 4.99 Å². The van der Waals surface area contributed by atoms with Crippen LogP contribution in [-0.2, 0) is 14.8 Å². The molecule has 1 unspecified atom stereocenters. The quantitative estimate of drug-likeness (QED) is 0.281. The van der Waals surface area contributed by atoms with Gasteiger partial charge in [0.25, 0.3) is 0 Å². The maximum atomic E-state index is 12.5. The third-order valence-electron chi connectivity index (χ3n) is 4.94. The highest BCUT2D eigenvalue weighted by Crippen LogP contribution is 2.20. The Hall–Kier alpha value is -0.380. The highest BCUT2D eigenvalue weighted by molar-refractivity contribution is 14.0. The Balaban J connectivity index is 0.00000450. The Morgan fingerprint density at radius 3 is 2.37 bits per heavy atom. The van der Waals surface area contributed by atoms with Crippen LogP contribution in [0.1, 0.15) is 20.3 Å². The number of halogens is 4. The summed E-state index contributed by atoms with van der Waals surface area (Å²) >= 11 is 0. The van der Waals surface area contributed by atoms with Gasteiger partial charge in [0.05, 0.1) is 25.0 Å². The van der Waals surface area contributed by atoms with Crippen molar-refractivity contribution in [3.63, 3.8) is 0 Å². The second kappa shape index (κ2) is 12.0. The molecule has 1 N–H and O–H groups in total. The fraction of sp³-hybridized carbons (Fsp3) is 0.941. The maximum absolute atomic E-state index is 12.5. The van der Waals surface area contributed by atoms with E-state index in [-0.39, 0.29) is 48.5 Å². The normalized spacial score (nSPS) is 22.4. The molecule has 2 saturated heterocycles. The summed E-state index contributed by atoms with van der Waals surface area (Å²) in [5, 5.41) is 3.23. The molecule has 30 heavy (non-hydrogen) atoms. The van der Waals surface area contributed by atoms with E-state index in [0.29, 0.717) is 51.6 Å². The molecule has 2 rings (SSSR count). The number of nitrogens with one attached hydrogen (secondary N) is 1. The summed E-state index contributed by atoms with van der Waals surface area (Å²) in [4.78, 5) is 7.56. The van der Waals surface area contributed by atoms with Gasteiger partial charge in [0, 0.05) is 52.4 Å². The Morgan fingerprint density at radius 2 is 1.83 bits per heavy atom. The molecule has 2 aliphatic heterocycles. The summed E-state index contributed by atoms with van der Waals surface area (Å²) in [6.45, 7) is 5.31. The average molecular weight is 571 g/mol. The molecule has 0 radical (unpaired) electrons. The topological polar surface area (TPSA) is 77.5 Å². The van der Waals surface area contributed by atoms with E-state index in [1.807, 2.05) is 18.7 Å². The molecule has 0 aliphatic carbocycles. The van der Waals surface area contributed by atoms with Gasteiger partial charge in [-0.3, -0.25) is 9.89 Å². The lowest BCUT2D eigenvalue weighted by molar-refractivity contribution is -0.143. The number of ether oxygens (including phenoxy) is 1. The van der Waals surface area contributed by atoms with Gasteiger partial charge < -0.3 is 15.0 Å². The van der Waals surface area contributed by atoms with Crippen LogP contribution in [-0.4, -0.2) is 112 Å². The minimum atomic E-state index is -4.20. The van der Waals surface area contributed by atoms with Gasteiger partial charge in [-0.25, -0.2) is 8.42 Å². The van der Waals surface area contributed by atoms with Gasteiger partial charge in [0.15, 0.2) is 5.96 Å². The van der Waals surface area contributed by atoms with Gasteiger partial charge in [0.1, 0.15) is 0 Å². The average Bonchev–Trinajstić information content (AvgIpc) is 3.04.